The van der Waals surface area contributed by atoms with Crippen molar-refractivity contribution in [2.75, 3.05) is 4.72 Å². The quantitative estimate of drug-likeness (QED) is 0.934. The van der Waals surface area contributed by atoms with Crippen molar-refractivity contribution < 1.29 is 8.42 Å². The van der Waals surface area contributed by atoms with E-state index in [-0.39, 0.29) is 16.3 Å². The van der Waals surface area contributed by atoms with Crippen LogP contribution in [-0.4, -0.2) is 18.0 Å². The molecule has 0 unspecified atom stereocenters. The molecule has 1 aromatic carbocycles. The van der Waals surface area contributed by atoms with E-state index >= 15 is 0 Å². The maximum Gasteiger partial charge on any atom is 0.280 e. The van der Waals surface area contributed by atoms with E-state index in [1.54, 1.807) is 7.05 Å². The Balaban J connectivity index is 2.41. The maximum atomic E-state index is 12.1. The van der Waals surface area contributed by atoms with Gasteiger partial charge in [0, 0.05) is 18.3 Å². The van der Waals surface area contributed by atoms with Crippen molar-refractivity contribution in [3.8, 4) is 6.07 Å². The summed E-state index contributed by atoms with van der Waals surface area (Å²) in [6, 6.07) is 6.22. The second-order valence-electron chi connectivity index (χ2n) is 3.78. The van der Waals surface area contributed by atoms with E-state index in [2.05, 4.69) is 9.71 Å². The standard InChI is InChI=1S/C11H9ClN4O2S/c1-16-6-11(14-7-16)19(17,18)15-10-4-9(12)3-2-8(10)5-13/h2-4,6-7,15H,1H3. The Labute approximate surface area is 115 Å². The van der Waals surface area contributed by atoms with Crippen molar-refractivity contribution in [1.29, 1.82) is 5.26 Å². The minimum absolute atomic E-state index is 0.126. The molecule has 98 valence electrons. The van der Waals surface area contributed by atoms with E-state index in [9.17, 15) is 8.42 Å². The molecule has 0 bridgehead atoms. The second kappa shape index (κ2) is 4.91. The zero-order valence-electron chi connectivity index (χ0n) is 9.83. The first-order valence-electron chi connectivity index (χ1n) is 5.13. The van der Waals surface area contributed by atoms with E-state index in [0.29, 0.717) is 5.02 Å². The number of aromatic nitrogens is 2. The van der Waals surface area contributed by atoms with Gasteiger partial charge in [0.2, 0.25) is 0 Å². The van der Waals surface area contributed by atoms with Gasteiger partial charge in [-0.2, -0.15) is 13.7 Å². The summed E-state index contributed by atoms with van der Waals surface area (Å²) in [5.41, 5.74) is 0.310. The third-order valence-electron chi connectivity index (χ3n) is 2.30. The monoisotopic (exact) mass is 296 g/mol. The highest BCUT2D eigenvalue weighted by atomic mass is 35.5. The van der Waals surface area contributed by atoms with E-state index in [1.165, 1.54) is 35.3 Å². The van der Waals surface area contributed by atoms with Gasteiger partial charge in [-0.1, -0.05) is 11.6 Å². The van der Waals surface area contributed by atoms with Crippen LogP contribution in [0.4, 0.5) is 5.69 Å². The molecule has 0 aliphatic rings. The van der Waals surface area contributed by atoms with Gasteiger partial charge in [0.1, 0.15) is 6.07 Å². The number of benzene rings is 1. The largest absolute Gasteiger partial charge is 0.339 e. The fraction of sp³-hybridized carbons (Fsp3) is 0.0909. The summed E-state index contributed by atoms with van der Waals surface area (Å²) >= 11 is 5.79. The molecule has 0 saturated carbocycles. The summed E-state index contributed by atoms with van der Waals surface area (Å²) in [5, 5.41) is 9.14. The number of nitrogens with zero attached hydrogens (tertiary/aromatic N) is 3. The topological polar surface area (TPSA) is 87.8 Å². The first-order chi connectivity index (χ1) is 8.92. The van der Waals surface area contributed by atoms with Gasteiger partial charge >= 0.3 is 0 Å². The highest BCUT2D eigenvalue weighted by molar-refractivity contribution is 7.92. The zero-order chi connectivity index (χ0) is 14.0. The van der Waals surface area contributed by atoms with Crippen LogP contribution >= 0.6 is 11.6 Å². The summed E-state index contributed by atoms with van der Waals surface area (Å²) in [6.45, 7) is 0. The van der Waals surface area contributed by atoms with Crippen molar-refractivity contribution in [3.63, 3.8) is 0 Å². The first kappa shape index (κ1) is 13.4. The van der Waals surface area contributed by atoms with Crippen molar-refractivity contribution >= 4 is 27.3 Å². The van der Waals surface area contributed by atoms with Gasteiger partial charge in [-0.25, -0.2) is 4.98 Å². The molecule has 0 radical (unpaired) electrons. The Morgan fingerprint density at radius 1 is 1.47 bits per heavy atom. The van der Waals surface area contributed by atoms with Gasteiger partial charge in [0.15, 0.2) is 5.03 Å². The summed E-state index contributed by atoms with van der Waals surface area (Å²) in [6.07, 6.45) is 2.73. The van der Waals surface area contributed by atoms with Crippen molar-refractivity contribution in [1.82, 2.24) is 9.55 Å². The fourth-order valence-corrected chi connectivity index (χ4v) is 2.65. The Morgan fingerprint density at radius 3 is 2.79 bits per heavy atom. The van der Waals surface area contributed by atoms with E-state index in [4.69, 9.17) is 16.9 Å². The fourth-order valence-electron chi connectivity index (χ4n) is 1.42. The first-order valence-corrected chi connectivity index (χ1v) is 6.99. The van der Waals surface area contributed by atoms with Crippen molar-refractivity contribution in [2.45, 2.75) is 5.03 Å². The number of anilines is 1. The van der Waals surface area contributed by atoms with Crippen LogP contribution in [0.5, 0.6) is 0 Å². The van der Waals surface area contributed by atoms with Crippen LogP contribution < -0.4 is 4.72 Å². The molecule has 1 heterocycles. The average Bonchev–Trinajstić information content (AvgIpc) is 2.76. The van der Waals surface area contributed by atoms with Crippen LogP contribution in [0, 0.1) is 11.3 Å². The van der Waals surface area contributed by atoms with Gasteiger partial charge in [-0.15, -0.1) is 0 Å². The minimum atomic E-state index is -3.83. The SMILES string of the molecule is Cn1cnc(S(=O)(=O)Nc2cc(Cl)ccc2C#N)c1. The molecule has 8 heteroatoms. The molecule has 2 aromatic rings. The lowest BCUT2D eigenvalue weighted by atomic mass is 10.2. The molecule has 6 nitrogen and oxygen atoms in total. The molecule has 1 N–H and O–H groups in total. The minimum Gasteiger partial charge on any atom is -0.339 e. The molecule has 0 saturated heterocycles. The molecule has 2 rings (SSSR count). The summed E-state index contributed by atoms with van der Waals surface area (Å²) in [7, 11) is -2.17. The van der Waals surface area contributed by atoms with Crippen LogP contribution in [0.1, 0.15) is 5.56 Å². The Hall–Kier alpha value is -2.04. The predicted molar refractivity (Wildman–Crippen MR) is 70.2 cm³/mol. The van der Waals surface area contributed by atoms with Gasteiger partial charge in [-0.3, -0.25) is 4.72 Å². The lowest BCUT2D eigenvalue weighted by Crippen LogP contribution is -2.14. The molecule has 0 aliphatic carbocycles. The molecule has 0 amide bonds. The number of hydrogen-bond acceptors (Lipinski definition) is 4. The molecule has 0 spiro atoms. The third kappa shape index (κ3) is 2.86. The van der Waals surface area contributed by atoms with Gasteiger partial charge in [-0.05, 0) is 18.2 Å². The number of rotatable bonds is 3. The Kier molecular flexibility index (Phi) is 3.46. The van der Waals surface area contributed by atoms with Crippen molar-refractivity contribution in [3.05, 3.63) is 41.3 Å². The van der Waals surface area contributed by atoms with Crippen LogP contribution in [-0.2, 0) is 17.1 Å². The van der Waals surface area contributed by atoms with Crippen LogP contribution in [0.2, 0.25) is 5.02 Å². The van der Waals surface area contributed by atoms with E-state index in [0.717, 1.165) is 0 Å². The zero-order valence-corrected chi connectivity index (χ0v) is 11.4. The second-order valence-corrected chi connectivity index (χ2v) is 5.85. The Bertz CT molecular complexity index is 761. The lowest BCUT2D eigenvalue weighted by Gasteiger charge is -2.07. The van der Waals surface area contributed by atoms with Crippen LogP contribution in [0.25, 0.3) is 0 Å². The number of aryl methyl sites for hydroxylation is 1. The summed E-state index contributed by atoms with van der Waals surface area (Å²) < 4.78 is 27.9. The molecule has 0 aliphatic heterocycles. The highest BCUT2D eigenvalue weighted by Crippen LogP contribution is 2.23. The van der Waals surface area contributed by atoms with Crippen LogP contribution in [0.3, 0.4) is 0 Å². The number of nitrogens with one attached hydrogen (secondary N) is 1. The summed E-state index contributed by atoms with van der Waals surface area (Å²) in [4.78, 5) is 3.76. The van der Waals surface area contributed by atoms with E-state index < -0.39 is 10.0 Å². The maximum absolute atomic E-state index is 12.1. The highest BCUT2D eigenvalue weighted by Gasteiger charge is 2.18. The Morgan fingerprint density at radius 2 is 2.21 bits per heavy atom. The average molecular weight is 297 g/mol. The van der Waals surface area contributed by atoms with Gasteiger partial charge < -0.3 is 4.57 Å². The number of imidazole rings is 1. The predicted octanol–water partition coefficient (Wildman–Crippen LogP) is 1.75. The molecule has 1 aromatic heterocycles. The van der Waals surface area contributed by atoms with Gasteiger partial charge in [0.25, 0.3) is 10.0 Å². The van der Waals surface area contributed by atoms with E-state index in [1.807, 2.05) is 6.07 Å². The molecular formula is C11H9ClN4O2S. The molecule has 19 heavy (non-hydrogen) atoms. The van der Waals surface area contributed by atoms with Crippen LogP contribution in [0.15, 0.2) is 35.7 Å². The van der Waals surface area contributed by atoms with Gasteiger partial charge in [0.05, 0.1) is 17.6 Å². The number of halogens is 1. The third-order valence-corrected chi connectivity index (χ3v) is 3.79. The number of sulfonamides is 1. The number of hydrogen-bond donors (Lipinski definition) is 1. The number of nitriles is 1. The molecular weight excluding hydrogens is 288 g/mol. The molecule has 0 fully saturated rings. The van der Waals surface area contributed by atoms with Crippen molar-refractivity contribution in [2.24, 2.45) is 7.05 Å². The molecule has 0 atom stereocenters. The lowest BCUT2D eigenvalue weighted by molar-refractivity contribution is 0.598. The smallest absolute Gasteiger partial charge is 0.280 e. The normalized spacial score (nSPS) is 11.0. The summed E-state index contributed by atoms with van der Waals surface area (Å²) in [5.74, 6) is 0.